The van der Waals surface area contributed by atoms with Crippen LogP contribution in [0.2, 0.25) is 0 Å². The highest BCUT2D eigenvalue weighted by Gasteiger charge is 2.34. The van der Waals surface area contributed by atoms with Crippen LogP contribution in [0.5, 0.6) is 11.5 Å². The van der Waals surface area contributed by atoms with Crippen molar-refractivity contribution in [3.8, 4) is 11.5 Å². The quantitative estimate of drug-likeness (QED) is 0.388. The van der Waals surface area contributed by atoms with Crippen molar-refractivity contribution in [3.05, 3.63) is 71.9 Å². The van der Waals surface area contributed by atoms with E-state index in [9.17, 15) is 14.4 Å². The van der Waals surface area contributed by atoms with E-state index in [1.54, 1.807) is 36.4 Å². The van der Waals surface area contributed by atoms with Gasteiger partial charge < -0.3 is 20.1 Å². The van der Waals surface area contributed by atoms with Gasteiger partial charge in [-0.05, 0) is 42.8 Å². The van der Waals surface area contributed by atoms with Crippen LogP contribution in [0.4, 0.5) is 10.5 Å². The van der Waals surface area contributed by atoms with Gasteiger partial charge in [0.1, 0.15) is 18.8 Å². The summed E-state index contributed by atoms with van der Waals surface area (Å²) in [5.41, 5.74) is 2.33. The Balaban J connectivity index is 1.70. The summed E-state index contributed by atoms with van der Waals surface area (Å²) in [6.45, 7) is 5.46. The fourth-order valence-corrected chi connectivity index (χ4v) is 2.90. The van der Waals surface area contributed by atoms with Crippen LogP contribution >= 0.6 is 0 Å². The van der Waals surface area contributed by atoms with Crippen molar-refractivity contribution in [1.29, 1.82) is 0 Å². The van der Waals surface area contributed by atoms with Crippen molar-refractivity contribution in [2.75, 3.05) is 25.6 Å². The summed E-state index contributed by atoms with van der Waals surface area (Å²) in [5, 5.41) is 5.17. The van der Waals surface area contributed by atoms with Gasteiger partial charge in [0.05, 0.1) is 7.11 Å². The number of nitrogens with zero attached hydrogens (tertiary/aromatic N) is 1. The summed E-state index contributed by atoms with van der Waals surface area (Å²) < 4.78 is 10.8. The smallest absolute Gasteiger partial charge is 0.329 e. The van der Waals surface area contributed by atoms with Gasteiger partial charge in [-0.15, -0.1) is 0 Å². The van der Waals surface area contributed by atoms with E-state index in [-0.39, 0.29) is 5.70 Å². The Morgan fingerprint density at radius 3 is 2.58 bits per heavy atom. The van der Waals surface area contributed by atoms with E-state index >= 15 is 0 Å². The standard InChI is InChI=1S/C23H23N3O5/c1-4-11-31-19-10-7-16(13-20(19)30-3)12-18-22(28)26(23(29)25-18)14-21(27)24-17-8-5-15(2)6-9-17/h4-10,12-13H,1,11,14H2,2-3H3,(H,24,27)(H,25,29)/b18-12+. The Morgan fingerprint density at radius 1 is 1.16 bits per heavy atom. The number of nitrogens with one attached hydrogen (secondary N) is 2. The van der Waals surface area contributed by atoms with Crippen LogP contribution in [-0.4, -0.2) is 43.0 Å². The van der Waals surface area contributed by atoms with Gasteiger partial charge in [0.25, 0.3) is 5.91 Å². The highest BCUT2D eigenvalue weighted by Crippen LogP contribution is 2.29. The van der Waals surface area contributed by atoms with Crippen LogP contribution in [-0.2, 0) is 9.59 Å². The molecule has 0 radical (unpaired) electrons. The molecular formula is C23H23N3O5. The molecule has 1 saturated heterocycles. The number of imide groups is 1. The van der Waals surface area contributed by atoms with Gasteiger partial charge >= 0.3 is 6.03 Å². The zero-order valence-corrected chi connectivity index (χ0v) is 17.3. The maximum absolute atomic E-state index is 12.6. The third-order valence-corrected chi connectivity index (χ3v) is 4.45. The molecule has 0 atom stereocenters. The molecule has 160 valence electrons. The van der Waals surface area contributed by atoms with Crippen molar-refractivity contribution in [2.24, 2.45) is 0 Å². The summed E-state index contributed by atoms with van der Waals surface area (Å²) in [7, 11) is 1.50. The van der Waals surface area contributed by atoms with Crippen molar-refractivity contribution in [3.63, 3.8) is 0 Å². The SMILES string of the molecule is C=CCOc1ccc(/C=C2/NC(=O)N(CC(=O)Nc3ccc(C)cc3)C2=O)cc1OC. The summed E-state index contributed by atoms with van der Waals surface area (Å²) in [4.78, 5) is 38.0. The predicted octanol–water partition coefficient (Wildman–Crippen LogP) is 3.10. The van der Waals surface area contributed by atoms with Crippen LogP contribution < -0.4 is 20.1 Å². The number of aryl methyl sites for hydroxylation is 1. The zero-order valence-electron chi connectivity index (χ0n) is 17.3. The highest BCUT2D eigenvalue weighted by molar-refractivity contribution is 6.15. The van der Waals surface area contributed by atoms with Crippen LogP contribution in [0.15, 0.2) is 60.8 Å². The first-order valence-corrected chi connectivity index (χ1v) is 9.54. The van der Waals surface area contributed by atoms with Crippen molar-refractivity contribution >= 4 is 29.6 Å². The van der Waals surface area contributed by atoms with Crippen molar-refractivity contribution in [1.82, 2.24) is 10.2 Å². The number of carbonyl (C=O) groups excluding carboxylic acids is 3. The molecule has 31 heavy (non-hydrogen) atoms. The zero-order chi connectivity index (χ0) is 22.4. The lowest BCUT2D eigenvalue weighted by Crippen LogP contribution is -2.38. The lowest BCUT2D eigenvalue weighted by atomic mass is 10.1. The molecule has 1 heterocycles. The van der Waals surface area contributed by atoms with E-state index in [2.05, 4.69) is 17.2 Å². The average Bonchev–Trinajstić information content (AvgIpc) is 3.01. The topological polar surface area (TPSA) is 97.0 Å². The van der Waals surface area contributed by atoms with Crippen LogP contribution in [0, 0.1) is 6.92 Å². The molecule has 0 saturated carbocycles. The molecule has 0 unspecified atom stereocenters. The normalized spacial score (nSPS) is 14.4. The lowest BCUT2D eigenvalue weighted by Gasteiger charge is -2.12. The molecule has 8 heteroatoms. The Morgan fingerprint density at radius 2 is 1.90 bits per heavy atom. The van der Waals surface area contributed by atoms with E-state index in [0.717, 1.165) is 10.5 Å². The molecule has 2 aromatic rings. The van der Waals surface area contributed by atoms with E-state index < -0.39 is 24.4 Å². The molecule has 2 aromatic carbocycles. The van der Waals surface area contributed by atoms with Crippen molar-refractivity contribution < 1.29 is 23.9 Å². The maximum Gasteiger partial charge on any atom is 0.329 e. The number of carbonyl (C=O) groups is 3. The summed E-state index contributed by atoms with van der Waals surface area (Å²) in [6.07, 6.45) is 3.13. The lowest BCUT2D eigenvalue weighted by molar-refractivity contribution is -0.127. The molecule has 0 spiro atoms. The molecule has 4 amide bonds. The molecule has 1 aliphatic heterocycles. The van der Waals surface area contributed by atoms with Crippen LogP contribution in [0.25, 0.3) is 6.08 Å². The Kier molecular flexibility index (Phi) is 6.71. The fourth-order valence-electron chi connectivity index (χ4n) is 2.90. The largest absolute Gasteiger partial charge is 0.493 e. The second-order valence-corrected chi connectivity index (χ2v) is 6.80. The first-order valence-electron chi connectivity index (χ1n) is 9.54. The molecule has 3 rings (SSSR count). The first-order chi connectivity index (χ1) is 14.9. The van der Waals surface area contributed by atoms with Gasteiger partial charge in [-0.25, -0.2) is 9.69 Å². The minimum absolute atomic E-state index is 0.0648. The van der Waals surface area contributed by atoms with Gasteiger partial charge in [-0.2, -0.15) is 0 Å². The Labute approximate surface area is 180 Å². The number of anilines is 1. The van der Waals surface area contributed by atoms with Crippen LogP contribution in [0.3, 0.4) is 0 Å². The average molecular weight is 421 g/mol. The second-order valence-electron chi connectivity index (χ2n) is 6.80. The van der Waals surface area contributed by atoms with E-state index in [4.69, 9.17) is 9.47 Å². The highest BCUT2D eigenvalue weighted by atomic mass is 16.5. The van der Waals surface area contributed by atoms with Gasteiger partial charge in [0.15, 0.2) is 11.5 Å². The number of hydrogen-bond acceptors (Lipinski definition) is 5. The van der Waals surface area contributed by atoms with E-state index in [0.29, 0.717) is 29.4 Å². The second kappa shape index (κ2) is 9.62. The van der Waals surface area contributed by atoms with Crippen LogP contribution in [0.1, 0.15) is 11.1 Å². The number of rotatable bonds is 8. The maximum atomic E-state index is 12.6. The monoisotopic (exact) mass is 421 g/mol. The number of ether oxygens (including phenoxy) is 2. The number of urea groups is 1. The molecule has 1 aliphatic rings. The molecule has 0 bridgehead atoms. The summed E-state index contributed by atoms with van der Waals surface area (Å²) >= 11 is 0. The molecule has 2 N–H and O–H groups in total. The van der Waals surface area contributed by atoms with E-state index in [1.807, 2.05) is 19.1 Å². The molecule has 8 nitrogen and oxygen atoms in total. The van der Waals surface area contributed by atoms with Gasteiger partial charge in [0, 0.05) is 5.69 Å². The third kappa shape index (κ3) is 5.30. The number of amides is 4. The summed E-state index contributed by atoms with van der Waals surface area (Å²) in [6, 6.07) is 11.6. The number of methoxy groups -OCH3 is 1. The number of benzene rings is 2. The third-order valence-electron chi connectivity index (χ3n) is 4.45. The Hall–Kier alpha value is -4.07. The molecular weight excluding hydrogens is 398 g/mol. The van der Waals surface area contributed by atoms with E-state index in [1.165, 1.54) is 13.2 Å². The number of hydrogen-bond donors (Lipinski definition) is 2. The van der Waals surface area contributed by atoms with Gasteiger partial charge in [0.2, 0.25) is 5.91 Å². The van der Waals surface area contributed by atoms with Crippen molar-refractivity contribution in [2.45, 2.75) is 6.92 Å². The fraction of sp³-hybridized carbons (Fsp3) is 0.174. The predicted molar refractivity (Wildman–Crippen MR) is 117 cm³/mol. The minimum Gasteiger partial charge on any atom is -0.493 e. The molecule has 1 fully saturated rings. The molecule has 0 aromatic heterocycles. The van der Waals surface area contributed by atoms with Gasteiger partial charge in [-0.1, -0.05) is 36.4 Å². The summed E-state index contributed by atoms with van der Waals surface area (Å²) in [5.74, 6) is -0.0583. The minimum atomic E-state index is -0.659. The first kappa shape index (κ1) is 21.6. The van der Waals surface area contributed by atoms with Gasteiger partial charge in [-0.3, -0.25) is 9.59 Å². The Bertz CT molecular complexity index is 1040. The molecule has 0 aliphatic carbocycles.